The molecule has 1 N–H and O–H groups in total. The second-order valence-electron chi connectivity index (χ2n) is 11.1. The number of morpholine rings is 1. The van der Waals surface area contributed by atoms with Gasteiger partial charge in [0.2, 0.25) is 0 Å². The second kappa shape index (κ2) is 13.2. The Balaban J connectivity index is 1.44. The molecule has 40 heavy (non-hydrogen) atoms. The molecule has 0 spiro atoms. The first-order valence-electron chi connectivity index (χ1n) is 13.5. The number of rotatable bonds is 10. The number of aromatic nitrogens is 1. The molecule has 1 aliphatic heterocycles. The number of hydrogen-bond donors (Lipinski definition) is 1. The molecule has 2 aromatic carbocycles. The first-order valence-corrected chi connectivity index (χ1v) is 14.4. The number of benzene rings is 2. The van der Waals surface area contributed by atoms with Gasteiger partial charge in [-0.2, -0.15) is 13.2 Å². The summed E-state index contributed by atoms with van der Waals surface area (Å²) in [6.07, 6.45) is -4.40. The third-order valence-electron chi connectivity index (χ3n) is 6.85. The third-order valence-corrected chi connectivity index (χ3v) is 7.68. The fraction of sp³-hybridized carbons (Fsp3) is 0.467. The topological polar surface area (TPSA) is 57.7 Å². The molecule has 2 heterocycles. The minimum Gasteiger partial charge on any atom is -0.379 e. The SMILES string of the molecule is CC(C)(C)c1ccc(CN(Cc2cccc(C(F)(F)F)c2)Cc2nc(C(=O)NCCN3CCOCC3)cs2)cc1. The summed E-state index contributed by atoms with van der Waals surface area (Å²) in [5.41, 5.74) is 2.55. The number of carbonyl (C=O) groups excluding carboxylic acids is 1. The van der Waals surface area contributed by atoms with Gasteiger partial charge in [-0.1, -0.05) is 63.2 Å². The standard InChI is InChI=1S/C30H37F3N4O2S/c1-29(2,3)24-9-7-22(8-10-24)18-37(19-23-5-4-6-25(17-23)30(31,32)33)20-27-35-26(21-40-27)28(38)34-11-12-36-13-15-39-16-14-36/h4-10,17,21H,11-16,18-20H2,1-3H3,(H,34,38). The maximum atomic E-state index is 13.3. The summed E-state index contributed by atoms with van der Waals surface area (Å²) in [4.78, 5) is 21.5. The average Bonchev–Trinajstić information content (AvgIpc) is 3.37. The monoisotopic (exact) mass is 574 g/mol. The smallest absolute Gasteiger partial charge is 0.379 e. The van der Waals surface area contributed by atoms with Gasteiger partial charge in [0.05, 0.1) is 25.3 Å². The number of alkyl halides is 3. The number of nitrogens with one attached hydrogen (secondary N) is 1. The van der Waals surface area contributed by atoms with E-state index < -0.39 is 11.7 Å². The van der Waals surface area contributed by atoms with Crippen LogP contribution in [0.2, 0.25) is 0 Å². The molecule has 0 atom stereocenters. The van der Waals surface area contributed by atoms with Gasteiger partial charge in [0.25, 0.3) is 5.91 Å². The Morgan fingerprint density at radius 3 is 2.38 bits per heavy atom. The van der Waals surface area contributed by atoms with Gasteiger partial charge in [-0.05, 0) is 28.2 Å². The lowest BCUT2D eigenvalue weighted by atomic mass is 9.87. The molecule has 0 radical (unpaired) electrons. The number of thiazole rings is 1. The van der Waals surface area contributed by atoms with Gasteiger partial charge in [0, 0.05) is 44.6 Å². The summed E-state index contributed by atoms with van der Waals surface area (Å²) < 4.78 is 45.4. The van der Waals surface area contributed by atoms with Gasteiger partial charge >= 0.3 is 6.18 Å². The molecule has 1 amide bonds. The first-order chi connectivity index (χ1) is 19.0. The van der Waals surface area contributed by atoms with E-state index in [1.165, 1.54) is 29.0 Å². The van der Waals surface area contributed by atoms with Crippen molar-refractivity contribution in [1.82, 2.24) is 20.1 Å². The van der Waals surface area contributed by atoms with E-state index in [4.69, 9.17) is 4.74 Å². The highest BCUT2D eigenvalue weighted by molar-refractivity contribution is 7.09. The number of hydrogen-bond acceptors (Lipinski definition) is 6. The summed E-state index contributed by atoms with van der Waals surface area (Å²) in [6, 6.07) is 13.8. The van der Waals surface area contributed by atoms with Crippen LogP contribution in [0.4, 0.5) is 13.2 Å². The van der Waals surface area contributed by atoms with E-state index >= 15 is 0 Å². The molecule has 0 bridgehead atoms. The van der Waals surface area contributed by atoms with Crippen molar-refractivity contribution in [2.24, 2.45) is 0 Å². The molecule has 3 aromatic rings. The van der Waals surface area contributed by atoms with Gasteiger partial charge in [0.15, 0.2) is 0 Å². The van der Waals surface area contributed by atoms with Crippen LogP contribution >= 0.6 is 11.3 Å². The zero-order valence-corrected chi connectivity index (χ0v) is 24.1. The Morgan fingerprint density at radius 1 is 1.00 bits per heavy atom. The number of nitrogens with zero attached hydrogens (tertiary/aromatic N) is 3. The summed E-state index contributed by atoms with van der Waals surface area (Å²) in [6.45, 7) is 12.1. The van der Waals surface area contributed by atoms with E-state index in [0.717, 1.165) is 36.3 Å². The largest absolute Gasteiger partial charge is 0.416 e. The van der Waals surface area contributed by atoms with Crippen molar-refractivity contribution >= 4 is 17.2 Å². The summed E-state index contributed by atoms with van der Waals surface area (Å²) >= 11 is 1.38. The molecule has 4 rings (SSSR count). The van der Waals surface area contributed by atoms with Crippen LogP contribution < -0.4 is 5.32 Å². The van der Waals surface area contributed by atoms with E-state index in [0.29, 0.717) is 50.7 Å². The zero-order chi connectivity index (χ0) is 28.8. The predicted octanol–water partition coefficient (Wildman–Crippen LogP) is 5.72. The van der Waals surface area contributed by atoms with E-state index in [1.54, 1.807) is 11.4 Å². The Hall–Kier alpha value is -2.79. The van der Waals surface area contributed by atoms with Crippen LogP contribution in [0, 0.1) is 0 Å². The highest BCUT2D eigenvalue weighted by atomic mass is 32.1. The highest BCUT2D eigenvalue weighted by Crippen LogP contribution is 2.30. The van der Waals surface area contributed by atoms with E-state index in [1.807, 2.05) is 0 Å². The number of ether oxygens (including phenoxy) is 1. The van der Waals surface area contributed by atoms with Gasteiger partial charge in [-0.25, -0.2) is 4.98 Å². The first kappa shape index (κ1) is 30.2. The minimum atomic E-state index is -4.40. The molecule has 216 valence electrons. The molecule has 1 saturated heterocycles. The number of halogens is 3. The summed E-state index contributed by atoms with van der Waals surface area (Å²) in [5, 5.41) is 5.40. The normalized spacial score (nSPS) is 15.0. The van der Waals surface area contributed by atoms with Crippen molar-refractivity contribution in [1.29, 1.82) is 0 Å². The average molecular weight is 575 g/mol. The summed E-state index contributed by atoms with van der Waals surface area (Å²) in [7, 11) is 0. The Bertz CT molecular complexity index is 1250. The van der Waals surface area contributed by atoms with E-state index in [9.17, 15) is 18.0 Å². The fourth-order valence-electron chi connectivity index (χ4n) is 4.56. The Labute approximate surface area is 238 Å². The van der Waals surface area contributed by atoms with E-state index in [-0.39, 0.29) is 11.3 Å². The fourth-order valence-corrected chi connectivity index (χ4v) is 5.38. The zero-order valence-electron chi connectivity index (χ0n) is 23.3. The molecule has 1 aromatic heterocycles. The molecule has 0 saturated carbocycles. The van der Waals surface area contributed by atoms with Crippen molar-refractivity contribution < 1.29 is 22.7 Å². The molecule has 0 unspecified atom stereocenters. The predicted molar refractivity (Wildman–Crippen MR) is 151 cm³/mol. The van der Waals surface area contributed by atoms with Gasteiger partial charge in [-0.3, -0.25) is 14.6 Å². The van der Waals surface area contributed by atoms with Crippen LogP contribution in [0.25, 0.3) is 0 Å². The van der Waals surface area contributed by atoms with Crippen molar-refractivity contribution in [3.8, 4) is 0 Å². The lowest BCUT2D eigenvalue weighted by Crippen LogP contribution is -2.41. The molecule has 10 heteroatoms. The van der Waals surface area contributed by atoms with Crippen LogP contribution in [0.5, 0.6) is 0 Å². The lowest BCUT2D eigenvalue weighted by Gasteiger charge is -2.26. The number of amides is 1. The third kappa shape index (κ3) is 8.86. The molecule has 6 nitrogen and oxygen atoms in total. The van der Waals surface area contributed by atoms with Gasteiger partial charge < -0.3 is 10.1 Å². The van der Waals surface area contributed by atoms with Crippen LogP contribution in [-0.2, 0) is 36.0 Å². The van der Waals surface area contributed by atoms with Crippen molar-refractivity contribution in [3.63, 3.8) is 0 Å². The quantitative estimate of drug-likeness (QED) is 0.336. The highest BCUT2D eigenvalue weighted by Gasteiger charge is 2.30. The van der Waals surface area contributed by atoms with Crippen molar-refractivity contribution in [2.45, 2.75) is 52.0 Å². The van der Waals surface area contributed by atoms with Crippen molar-refractivity contribution in [2.75, 3.05) is 39.4 Å². The van der Waals surface area contributed by atoms with Gasteiger partial charge in [0.1, 0.15) is 10.7 Å². The maximum Gasteiger partial charge on any atom is 0.416 e. The second-order valence-corrected chi connectivity index (χ2v) is 12.1. The van der Waals surface area contributed by atoms with Crippen LogP contribution in [0.15, 0.2) is 53.9 Å². The lowest BCUT2D eigenvalue weighted by molar-refractivity contribution is -0.137. The molecular formula is C30H37F3N4O2S. The van der Waals surface area contributed by atoms with Crippen LogP contribution in [0.1, 0.15) is 58.5 Å². The molecule has 1 fully saturated rings. The number of carbonyl (C=O) groups is 1. The van der Waals surface area contributed by atoms with E-state index in [2.05, 4.69) is 65.1 Å². The van der Waals surface area contributed by atoms with Gasteiger partial charge in [-0.15, -0.1) is 11.3 Å². The Kier molecular flexibility index (Phi) is 9.99. The molecular weight excluding hydrogens is 537 g/mol. The Morgan fingerprint density at radius 2 is 1.70 bits per heavy atom. The van der Waals surface area contributed by atoms with Crippen LogP contribution in [-0.4, -0.2) is 60.1 Å². The maximum absolute atomic E-state index is 13.3. The van der Waals surface area contributed by atoms with Crippen molar-refractivity contribution in [3.05, 3.63) is 86.9 Å². The minimum absolute atomic E-state index is 0.0241. The van der Waals surface area contributed by atoms with Crippen LogP contribution in [0.3, 0.4) is 0 Å². The molecule has 1 aliphatic rings. The summed E-state index contributed by atoms with van der Waals surface area (Å²) in [5.74, 6) is -0.224. The molecule has 0 aliphatic carbocycles.